The van der Waals surface area contributed by atoms with Gasteiger partial charge in [0.1, 0.15) is 23.5 Å². The number of nitrogens with one attached hydrogen (secondary N) is 1. The fourth-order valence-electron chi connectivity index (χ4n) is 3.12. The van der Waals surface area contributed by atoms with Crippen LogP contribution in [0.25, 0.3) is 5.82 Å². The minimum absolute atomic E-state index is 0.141. The van der Waals surface area contributed by atoms with Crippen LogP contribution in [0.4, 0.5) is 5.82 Å². The van der Waals surface area contributed by atoms with Gasteiger partial charge in [-0.3, -0.25) is 9.89 Å². The fourth-order valence-corrected chi connectivity index (χ4v) is 3.12. The highest BCUT2D eigenvalue weighted by Crippen LogP contribution is 2.26. The number of aromatic nitrogens is 8. The molecule has 4 rings (SSSR count). The molecule has 0 aromatic carbocycles. The van der Waals surface area contributed by atoms with Gasteiger partial charge in [0.15, 0.2) is 5.82 Å². The lowest BCUT2D eigenvalue weighted by Gasteiger charge is -2.30. The van der Waals surface area contributed by atoms with E-state index in [4.69, 9.17) is 0 Å². The lowest BCUT2D eigenvalue weighted by atomic mass is 10.0. The number of rotatable bonds is 3. The van der Waals surface area contributed by atoms with Crippen LogP contribution < -0.4 is 4.90 Å². The first-order valence-electron chi connectivity index (χ1n) is 8.14. The van der Waals surface area contributed by atoms with Crippen LogP contribution in [0.5, 0.6) is 0 Å². The smallest absolute Gasteiger partial charge is 0.259 e. The number of amides is 1. The maximum Gasteiger partial charge on any atom is 0.259 e. The first kappa shape index (κ1) is 16.1. The molecule has 1 aliphatic rings. The number of carbonyl (C=O) groups is 1. The van der Waals surface area contributed by atoms with Gasteiger partial charge in [-0.25, -0.2) is 9.97 Å². The Balaban J connectivity index is 1.64. The molecule has 4 heterocycles. The van der Waals surface area contributed by atoms with Gasteiger partial charge in [0, 0.05) is 26.2 Å². The topological polar surface area (TPSA) is 122 Å². The van der Waals surface area contributed by atoms with Gasteiger partial charge in [-0.2, -0.15) is 9.78 Å². The first-order valence-corrected chi connectivity index (χ1v) is 8.14. The molecule has 11 nitrogen and oxygen atoms in total. The molecule has 134 valence electrons. The van der Waals surface area contributed by atoms with E-state index >= 15 is 0 Å². The lowest BCUT2D eigenvalue weighted by Crippen LogP contribution is -2.37. The Morgan fingerprint density at radius 1 is 1.31 bits per heavy atom. The van der Waals surface area contributed by atoms with E-state index in [1.165, 1.54) is 17.2 Å². The Morgan fingerprint density at radius 2 is 2.15 bits per heavy atom. The average molecular weight is 354 g/mol. The molecule has 0 radical (unpaired) electrons. The summed E-state index contributed by atoms with van der Waals surface area (Å²) in [6.07, 6.45) is 3.61. The highest BCUT2D eigenvalue weighted by molar-refractivity contribution is 5.97. The number of carbonyl (C=O) groups excluding carboxylic acids is 1. The lowest BCUT2D eigenvalue weighted by molar-refractivity contribution is 0.0731. The predicted molar refractivity (Wildman–Crippen MR) is 90.8 cm³/mol. The van der Waals surface area contributed by atoms with Crippen molar-refractivity contribution in [3.63, 3.8) is 0 Å². The number of H-pyrrole nitrogens is 1. The van der Waals surface area contributed by atoms with Crippen LogP contribution in [0, 0.1) is 6.92 Å². The largest absolute Gasteiger partial charge is 0.362 e. The number of tetrazole rings is 1. The number of aryl methyl sites for hydroxylation is 1. The normalized spacial score (nSPS) is 13.6. The summed E-state index contributed by atoms with van der Waals surface area (Å²) in [6.45, 7) is 2.87. The third-order valence-electron chi connectivity index (χ3n) is 4.29. The molecule has 0 aliphatic carbocycles. The minimum atomic E-state index is -0.141. The fraction of sp³-hybridized carbons (Fsp3) is 0.400. The quantitative estimate of drug-likeness (QED) is 0.683. The zero-order chi connectivity index (χ0) is 18.3. The van der Waals surface area contributed by atoms with Crippen molar-refractivity contribution in [1.29, 1.82) is 0 Å². The third-order valence-corrected chi connectivity index (χ3v) is 4.29. The Kier molecular flexibility index (Phi) is 3.82. The Bertz CT molecular complexity index is 946. The second kappa shape index (κ2) is 6.17. The van der Waals surface area contributed by atoms with Crippen LogP contribution in [0.15, 0.2) is 12.5 Å². The Morgan fingerprint density at radius 3 is 2.88 bits per heavy atom. The van der Waals surface area contributed by atoms with E-state index in [9.17, 15) is 4.79 Å². The van der Waals surface area contributed by atoms with Gasteiger partial charge < -0.3 is 9.80 Å². The molecule has 0 atom stereocenters. The summed E-state index contributed by atoms with van der Waals surface area (Å²) in [7, 11) is 3.92. The molecule has 3 aromatic rings. The van der Waals surface area contributed by atoms with Gasteiger partial charge in [0.25, 0.3) is 5.91 Å². The maximum absolute atomic E-state index is 13.0. The first-order chi connectivity index (χ1) is 12.5. The van der Waals surface area contributed by atoms with Gasteiger partial charge in [-0.15, -0.1) is 5.10 Å². The summed E-state index contributed by atoms with van der Waals surface area (Å²) in [5, 5.41) is 17.7. The van der Waals surface area contributed by atoms with E-state index < -0.39 is 0 Å². The molecule has 26 heavy (non-hydrogen) atoms. The van der Waals surface area contributed by atoms with Crippen LogP contribution in [-0.2, 0) is 13.0 Å². The van der Waals surface area contributed by atoms with Crippen molar-refractivity contribution in [2.24, 2.45) is 0 Å². The van der Waals surface area contributed by atoms with Crippen molar-refractivity contribution in [2.75, 3.05) is 25.5 Å². The molecule has 1 amide bonds. The molecular formula is C15H18N10O. The molecule has 1 N–H and O–H groups in total. The standard InChI is InChI=1S/C15H18N10O/c1-9-18-12-7-24(5-4-10(12)13(19-9)23(2)3)15(26)11-6-16-20-14(11)25-8-17-21-22-25/h6,8H,4-5,7H2,1-3H3,(H,16,20). The predicted octanol–water partition coefficient (Wildman–Crippen LogP) is -0.252. The van der Waals surface area contributed by atoms with Gasteiger partial charge in [-0.1, -0.05) is 0 Å². The highest BCUT2D eigenvalue weighted by Gasteiger charge is 2.28. The van der Waals surface area contributed by atoms with Crippen molar-refractivity contribution in [3.05, 3.63) is 35.2 Å². The molecule has 3 aromatic heterocycles. The molecular weight excluding hydrogens is 336 g/mol. The highest BCUT2D eigenvalue weighted by atomic mass is 16.2. The van der Waals surface area contributed by atoms with Gasteiger partial charge in [0.2, 0.25) is 0 Å². The molecule has 0 bridgehead atoms. The molecule has 0 fully saturated rings. The van der Waals surface area contributed by atoms with Crippen molar-refractivity contribution in [1.82, 2.24) is 45.3 Å². The van der Waals surface area contributed by atoms with Crippen molar-refractivity contribution < 1.29 is 4.79 Å². The molecule has 0 spiro atoms. The molecule has 0 unspecified atom stereocenters. The molecule has 1 aliphatic heterocycles. The summed E-state index contributed by atoms with van der Waals surface area (Å²) in [5.41, 5.74) is 2.39. The molecule has 0 saturated carbocycles. The van der Waals surface area contributed by atoms with Crippen LogP contribution in [-0.4, -0.2) is 71.8 Å². The summed E-state index contributed by atoms with van der Waals surface area (Å²) in [6, 6.07) is 0. The third kappa shape index (κ3) is 2.66. The van der Waals surface area contributed by atoms with Gasteiger partial charge in [0.05, 0.1) is 18.4 Å². The molecule has 0 saturated heterocycles. The van der Waals surface area contributed by atoms with Crippen LogP contribution in [0.3, 0.4) is 0 Å². The van der Waals surface area contributed by atoms with Crippen molar-refractivity contribution in [2.45, 2.75) is 19.9 Å². The van der Waals surface area contributed by atoms with E-state index in [1.807, 2.05) is 25.9 Å². The monoisotopic (exact) mass is 354 g/mol. The Hall–Kier alpha value is -3.37. The number of hydrogen-bond acceptors (Lipinski definition) is 8. The zero-order valence-corrected chi connectivity index (χ0v) is 14.7. The van der Waals surface area contributed by atoms with Crippen LogP contribution in [0.1, 0.15) is 27.4 Å². The van der Waals surface area contributed by atoms with Crippen molar-refractivity contribution in [3.8, 4) is 5.82 Å². The Labute approximate surface area is 149 Å². The van der Waals surface area contributed by atoms with E-state index in [0.717, 1.165) is 17.1 Å². The average Bonchev–Trinajstić information content (AvgIpc) is 3.30. The van der Waals surface area contributed by atoms with Crippen molar-refractivity contribution >= 4 is 11.7 Å². The van der Waals surface area contributed by atoms with E-state index in [0.29, 0.717) is 36.7 Å². The van der Waals surface area contributed by atoms with E-state index in [1.54, 1.807) is 4.90 Å². The van der Waals surface area contributed by atoms with Crippen LogP contribution >= 0.6 is 0 Å². The second-order valence-electron chi connectivity index (χ2n) is 6.28. The number of nitrogens with zero attached hydrogens (tertiary/aromatic N) is 9. The number of fused-ring (bicyclic) bond motifs is 1. The minimum Gasteiger partial charge on any atom is -0.362 e. The number of hydrogen-bond donors (Lipinski definition) is 1. The maximum atomic E-state index is 13.0. The van der Waals surface area contributed by atoms with Gasteiger partial charge in [-0.05, 0) is 23.8 Å². The van der Waals surface area contributed by atoms with E-state index in [-0.39, 0.29) is 5.91 Å². The van der Waals surface area contributed by atoms with Gasteiger partial charge >= 0.3 is 0 Å². The summed E-state index contributed by atoms with van der Waals surface area (Å²) < 4.78 is 1.38. The summed E-state index contributed by atoms with van der Waals surface area (Å²) in [5.74, 6) is 1.91. The molecule has 11 heteroatoms. The summed E-state index contributed by atoms with van der Waals surface area (Å²) >= 11 is 0. The second-order valence-corrected chi connectivity index (χ2v) is 6.28. The zero-order valence-electron chi connectivity index (χ0n) is 14.7. The van der Waals surface area contributed by atoms with Crippen LogP contribution in [0.2, 0.25) is 0 Å². The van der Waals surface area contributed by atoms with E-state index in [2.05, 4.69) is 35.7 Å². The SMILES string of the molecule is Cc1nc2c(c(N(C)C)n1)CCN(C(=O)c1cn[nH]c1-n1cnnn1)C2. The number of aromatic amines is 1. The number of anilines is 1. The summed E-state index contributed by atoms with van der Waals surface area (Å²) in [4.78, 5) is 25.8.